The molecule has 0 aliphatic carbocycles. The van der Waals surface area contributed by atoms with E-state index in [2.05, 4.69) is 0 Å². The Morgan fingerprint density at radius 1 is 1.12 bits per heavy atom. The van der Waals surface area contributed by atoms with Gasteiger partial charge in [0.25, 0.3) is 0 Å². The van der Waals surface area contributed by atoms with E-state index in [1.165, 1.54) is 17.0 Å². The highest BCUT2D eigenvalue weighted by molar-refractivity contribution is 7.12. The van der Waals surface area contributed by atoms with Crippen molar-refractivity contribution in [3.63, 3.8) is 0 Å². The Hall–Kier alpha value is -1.19. The van der Waals surface area contributed by atoms with Crippen molar-refractivity contribution < 1.29 is 9.50 Å². The molecule has 0 bridgehead atoms. The first-order chi connectivity index (χ1) is 7.97. The van der Waals surface area contributed by atoms with Gasteiger partial charge in [-0.05, 0) is 55.7 Å². The van der Waals surface area contributed by atoms with Gasteiger partial charge in [-0.3, -0.25) is 0 Å². The van der Waals surface area contributed by atoms with Crippen molar-refractivity contribution in [3.8, 4) is 0 Å². The van der Waals surface area contributed by atoms with Gasteiger partial charge < -0.3 is 5.11 Å². The maximum Gasteiger partial charge on any atom is 0.123 e. The zero-order chi connectivity index (χ0) is 12.6. The third kappa shape index (κ3) is 2.56. The lowest BCUT2D eigenvalue weighted by atomic mass is 10.0. The quantitative estimate of drug-likeness (QED) is 0.857. The minimum atomic E-state index is -0.734. The van der Waals surface area contributed by atoms with E-state index in [-0.39, 0.29) is 5.82 Å². The molecule has 1 nitrogen and oxygen atoms in total. The fraction of sp³-hybridized carbons (Fsp3) is 0.286. The summed E-state index contributed by atoms with van der Waals surface area (Å²) in [6.07, 6.45) is -0.734. The number of rotatable bonds is 2. The predicted molar refractivity (Wildman–Crippen MR) is 69.0 cm³/mol. The number of benzene rings is 1. The van der Waals surface area contributed by atoms with Crippen LogP contribution in [0, 0.1) is 26.6 Å². The van der Waals surface area contributed by atoms with Gasteiger partial charge in [0, 0.05) is 9.75 Å². The second-order valence-electron chi connectivity index (χ2n) is 4.35. The topological polar surface area (TPSA) is 20.2 Å². The summed E-state index contributed by atoms with van der Waals surface area (Å²) in [4.78, 5) is 2.05. The minimum Gasteiger partial charge on any atom is -0.383 e. The molecule has 2 rings (SSSR count). The van der Waals surface area contributed by atoms with E-state index in [1.807, 2.05) is 32.9 Å². The smallest absolute Gasteiger partial charge is 0.123 e. The molecule has 17 heavy (non-hydrogen) atoms. The van der Waals surface area contributed by atoms with E-state index in [0.717, 1.165) is 16.0 Å². The molecule has 0 amide bonds. The molecule has 0 saturated carbocycles. The fourth-order valence-electron chi connectivity index (χ4n) is 1.82. The van der Waals surface area contributed by atoms with Crippen molar-refractivity contribution >= 4 is 11.3 Å². The average molecular weight is 250 g/mol. The van der Waals surface area contributed by atoms with Crippen molar-refractivity contribution in [1.82, 2.24) is 0 Å². The number of hydrogen-bond donors (Lipinski definition) is 1. The molecule has 1 unspecified atom stereocenters. The maximum absolute atomic E-state index is 13.3. The van der Waals surface area contributed by atoms with Gasteiger partial charge in [-0.15, -0.1) is 11.3 Å². The van der Waals surface area contributed by atoms with Crippen LogP contribution in [-0.4, -0.2) is 5.11 Å². The van der Waals surface area contributed by atoms with E-state index >= 15 is 0 Å². The Morgan fingerprint density at radius 2 is 1.82 bits per heavy atom. The molecule has 0 radical (unpaired) electrons. The number of aliphatic hydroxyl groups excluding tert-OH is 1. The first-order valence-corrected chi connectivity index (χ1v) is 6.31. The zero-order valence-electron chi connectivity index (χ0n) is 10.1. The van der Waals surface area contributed by atoms with Gasteiger partial charge >= 0.3 is 0 Å². The average Bonchev–Trinajstić information content (AvgIpc) is 2.57. The maximum atomic E-state index is 13.3. The fourth-order valence-corrected chi connectivity index (χ4v) is 2.88. The molecule has 0 spiro atoms. The van der Waals surface area contributed by atoms with Crippen molar-refractivity contribution in [2.45, 2.75) is 26.9 Å². The Kier molecular flexibility index (Phi) is 3.31. The second kappa shape index (κ2) is 4.59. The standard InChI is InChI=1S/C14H15FOS/c1-8-4-11(7-12(15)5-8)14(16)13-6-9(2)10(3)17-13/h4-7,14,16H,1-3H3. The van der Waals surface area contributed by atoms with Gasteiger partial charge in [0.15, 0.2) is 0 Å². The molecule has 1 heterocycles. The van der Waals surface area contributed by atoms with E-state index in [1.54, 1.807) is 11.3 Å². The number of aliphatic hydroxyl groups is 1. The van der Waals surface area contributed by atoms with Crippen LogP contribution in [0.2, 0.25) is 0 Å². The van der Waals surface area contributed by atoms with Crippen molar-refractivity contribution in [3.05, 3.63) is 56.5 Å². The molecule has 1 aromatic heterocycles. The molecule has 2 aromatic rings. The first kappa shape index (κ1) is 12.3. The van der Waals surface area contributed by atoms with Crippen LogP contribution in [0.5, 0.6) is 0 Å². The van der Waals surface area contributed by atoms with Crippen LogP contribution in [0.1, 0.15) is 32.5 Å². The van der Waals surface area contributed by atoms with E-state index in [0.29, 0.717) is 5.56 Å². The van der Waals surface area contributed by atoms with Crippen LogP contribution < -0.4 is 0 Å². The summed E-state index contributed by atoms with van der Waals surface area (Å²) in [5.41, 5.74) is 2.60. The summed E-state index contributed by atoms with van der Waals surface area (Å²) in [7, 11) is 0. The summed E-state index contributed by atoms with van der Waals surface area (Å²) in [5.74, 6) is -0.302. The monoisotopic (exact) mass is 250 g/mol. The first-order valence-electron chi connectivity index (χ1n) is 5.49. The van der Waals surface area contributed by atoms with E-state index in [4.69, 9.17) is 0 Å². The largest absolute Gasteiger partial charge is 0.383 e. The van der Waals surface area contributed by atoms with Crippen LogP contribution in [-0.2, 0) is 0 Å². The van der Waals surface area contributed by atoms with Crippen LogP contribution in [0.15, 0.2) is 24.3 Å². The molecule has 1 atom stereocenters. The Labute approximate surface area is 105 Å². The minimum absolute atomic E-state index is 0.302. The van der Waals surface area contributed by atoms with Crippen molar-refractivity contribution in [2.75, 3.05) is 0 Å². The third-order valence-corrected chi connectivity index (χ3v) is 4.04. The summed E-state index contributed by atoms with van der Waals surface area (Å²) in [5, 5.41) is 10.2. The zero-order valence-corrected chi connectivity index (χ0v) is 10.9. The lowest BCUT2D eigenvalue weighted by Crippen LogP contribution is -1.98. The highest BCUT2D eigenvalue weighted by Gasteiger charge is 2.15. The SMILES string of the molecule is Cc1cc(F)cc(C(O)c2cc(C)c(C)s2)c1. The van der Waals surface area contributed by atoms with Gasteiger partial charge in [0.1, 0.15) is 11.9 Å². The molecule has 1 N–H and O–H groups in total. The summed E-state index contributed by atoms with van der Waals surface area (Å²) in [6, 6.07) is 6.63. The highest BCUT2D eigenvalue weighted by Crippen LogP contribution is 2.31. The Bertz CT molecular complexity index is 505. The van der Waals surface area contributed by atoms with Gasteiger partial charge in [0.2, 0.25) is 0 Å². The number of hydrogen-bond acceptors (Lipinski definition) is 2. The van der Waals surface area contributed by atoms with Gasteiger partial charge in [-0.1, -0.05) is 6.07 Å². The van der Waals surface area contributed by atoms with Crippen LogP contribution in [0.4, 0.5) is 4.39 Å². The molecular formula is C14H15FOS. The number of thiophene rings is 1. The van der Waals surface area contributed by atoms with Gasteiger partial charge in [0.05, 0.1) is 0 Å². The van der Waals surface area contributed by atoms with Crippen molar-refractivity contribution in [2.24, 2.45) is 0 Å². The lowest BCUT2D eigenvalue weighted by Gasteiger charge is -2.10. The summed E-state index contributed by atoms with van der Waals surface area (Å²) >= 11 is 1.56. The predicted octanol–water partition coefficient (Wildman–Crippen LogP) is 3.89. The summed E-state index contributed by atoms with van der Waals surface area (Å²) in [6.45, 7) is 5.86. The highest BCUT2D eigenvalue weighted by atomic mass is 32.1. The summed E-state index contributed by atoms with van der Waals surface area (Å²) < 4.78 is 13.3. The number of aryl methyl sites for hydroxylation is 3. The molecule has 0 fully saturated rings. The molecule has 1 aromatic carbocycles. The molecule has 0 aliphatic heterocycles. The molecular weight excluding hydrogens is 235 g/mol. The van der Waals surface area contributed by atoms with Gasteiger partial charge in [-0.25, -0.2) is 4.39 Å². The molecule has 90 valence electrons. The Morgan fingerprint density at radius 3 is 2.35 bits per heavy atom. The molecule has 0 saturated heterocycles. The van der Waals surface area contributed by atoms with Crippen molar-refractivity contribution in [1.29, 1.82) is 0 Å². The third-order valence-electron chi connectivity index (χ3n) is 2.83. The van der Waals surface area contributed by atoms with Crippen LogP contribution in [0.3, 0.4) is 0 Å². The van der Waals surface area contributed by atoms with Crippen LogP contribution >= 0.6 is 11.3 Å². The lowest BCUT2D eigenvalue weighted by molar-refractivity contribution is 0.223. The van der Waals surface area contributed by atoms with E-state index < -0.39 is 6.10 Å². The number of halogens is 1. The normalized spacial score (nSPS) is 12.8. The van der Waals surface area contributed by atoms with E-state index in [9.17, 15) is 9.50 Å². The van der Waals surface area contributed by atoms with Gasteiger partial charge in [-0.2, -0.15) is 0 Å². The second-order valence-corrected chi connectivity index (χ2v) is 5.64. The van der Waals surface area contributed by atoms with Crippen LogP contribution in [0.25, 0.3) is 0 Å². The molecule has 0 aliphatic rings. The molecule has 3 heteroatoms. The Balaban J connectivity index is 2.39.